The van der Waals surface area contributed by atoms with Gasteiger partial charge in [0.15, 0.2) is 5.78 Å². The molecule has 0 aliphatic carbocycles. The Morgan fingerprint density at radius 1 is 1.19 bits per heavy atom. The van der Waals surface area contributed by atoms with E-state index in [-0.39, 0.29) is 6.42 Å². The summed E-state index contributed by atoms with van der Waals surface area (Å²) in [6.07, 6.45) is -4.18. The first-order chi connectivity index (χ1) is 9.63. The summed E-state index contributed by atoms with van der Waals surface area (Å²) in [4.78, 5) is 21.4. The quantitative estimate of drug-likeness (QED) is 0.439. The van der Waals surface area contributed by atoms with Gasteiger partial charge in [-0.15, -0.1) is 0 Å². The minimum atomic E-state index is -4.97. The Kier molecular flexibility index (Phi) is 8.29. The van der Waals surface area contributed by atoms with Gasteiger partial charge in [-0.1, -0.05) is 42.3 Å². The lowest BCUT2D eigenvalue weighted by Gasteiger charge is -2.06. The fourth-order valence-corrected chi connectivity index (χ4v) is 1.66. The monoisotopic (exact) mass is 340 g/mol. The maximum Gasteiger partial charge on any atom is 0.454 e. The zero-order valence-corrected chi connectivity index (χ0v) is 12.8. The highest BCUT2D eigenvalue weighted by Crippen LogP contribution is 2.21. The molecule has 0 unspecified atom stereocenters. The predicted octanol–water partition coefficient (Wildman–Crippen LogP) is 5.04. The number of rotatable bonds is 3. The molecule has 116 valence electrons. The van der Waals surface area contributed by atoms with Crippen LogP contribution < -0.4 is 0 Å². The number of carbonyl (C=O) groups is 2. The molecule has 7 heteroatoms. The van der Waals surface area contributed by atoms with Gasteiger partial charge < -0.3 is 0 Å². The first-order valence-electron chi connectivity index (χ1n) is 5.85. The summed E-state index contributed by atoms with van der Waals surface area (Å²) in [5, 5.41) is 1.36. The van der Waals surface area contributed by atoms with E-state index < -0.39 is 23.3 Å². The van der Waals surface area contributed by atoms with Gasteiger partial charge >= 0.3 is 6.18 Å². The molecule has 0 N–H and O–H groups in total. The van der Waals surface area contributed by atoms with Crippen molar-refractivity contribution in [1.29, 1.82) is 0 Å². The van der Waals surface area contributed by atoms with Crippen LogP contribution in [-0.2, 0) is 9.59 Å². The molecule has 0 saturated heterocycles. The van der Waals surface area contributed by atoms with Crippen LogP contribution >= 0.6 is 23.2 Å². The molecule has 1 aromatic carbocycles. The standard InChI is InChI=1S/C8H9F3O2.C6H4Cl2/c1-3-5(6(12)4-2)7(13)8(9,10)11;7-5-2-1-3-6(8)4-5/h3H,4H2,1-2H3;1-4H/b5-3+;. The molecule has 0 aromatic heterocycles. The summed E-state index contributed by atoms with van der Waals surface area (Å²) >= 11 is 11.1. The van der Waals surface area contributed by atoms with E-state index >= 15 is 0 Å². The molecule has 0 amide bonds. The van der Waals surface area contributed by atoms with Crippen molar-refractivity contribution in [2.45, 2.75) is 26.4 Å². The van der Waals surface area contributed by atoms with E-state index in [9.17, 15) is 22.8 Å². The Labute approximate surface area is 130 Å². The Morgan fingerprint density at radius 3 is 1.90 bits per heavy atom. The van der Waals surface area contributed by atoms with Gasteiger partial charge in [0.1, 0.15) is 0 Å². The number of alkyl halides is 3. The molecule has 0 atom stereocenters. The van der Waals surface area contributed by atoms with E-state index in [4.69, 9.17) is 23.2 Å². The molecule has 0 radical (unpaired) electrons. The predicted molar refractivity (Wildman–Crippen MR) is 76.6 cm³/mol. The van der Waals surface area contributed by atoms with Crippen LogP contribution in [0, 0.1) is 0 Å². The number of benzene rings is 1. The number of hydrogen-bond acceptors (Lipinski definition) is 2. The summed E-state index contributed by atoms with van der Waals surface area (Å²) in [5.41, 5.74) is -0.782. The second-order valence-corrected chi connectivity index (χ2v) is 4.62. The molecular weight excluding hydrogens is 328 g/mol. The summed E-state index contributed by atoms with van der Waals surface area (Å²) in [7, 11) is 0. The van der Waals surface area contributed by atoms with E-state index in [1.54, 1.807) is 18.2 Å². The van der Waals surface area contributed by atoms with E-state index in [1.165, 1.54) is 13.8 Å². The third kappa shape index (κ3) is 7.29. The third-order valence-electron chi connectivity index (χ3n) is 2.20. The van der Waals surface area contributed by atoms with Gasteiger partial charge in [0.05, 0.1) is 5.57 Å². The van der Waals surface area contributed by atoms with Crippen LogP contribution in [0.1, 0.15) is 20.3 Å². The van der Waals surface area contributed by atoms with Crippen molar-refractivity contribution in [3.8, 4) is 0 Å². The normalized spacial score (nSPS) is 11.5. The largest absolute Gasteiger partial charge is 0.454 e. The van der Waals surface area contributed by atoms with Gasteiger partial charge in [-0.05, 0) is 25.1 Å². The number of carbonyl (C=O) groups excluding carboxylic acids is 2. The zero-order valence-electron chi connectivity index (χ0n) is 11.3. The molecule has 0 heterocycles. The Bertz CT molecular complexity index is 520. The topological polar surface area (TPSA) is 34.1 Å². The van der Waals surface area contributed by atoms with Crippen LogP contribution in [0.3, 0.4) is 0 Å². The van der Waals surface area contributed by atoms with Crippen LogP contribution in [0.25, 0.3) is 0 Å². The van der Waals surface area contributed by atoms with Crippen LogP contribution in [0.2, 0.25) is 10.0 Å². The minimum Gasteiger partial charge on any atom is -0.294 e. The highest BCUT2D eigenvalue weighted by Gasteiger charge is 2.41. The van der Waals surface area contributed by atoms with E-state index in [0.29, 0.717) is 10.0 Å². The van der Waals surface area contributed by atoms with Gasteiger partial charge in [-0.25, -0.2) is 0 Å². The van der Waals surface area contributed by atoms with Crippen LogP contribution in [0.5, 0.6) is 0 Å². The van der Waals surface area contributed by atoms with E-state index in [0.717, 1.165) is 6.08 Å². The van der Waals surface area contributed by atoms with Gasteiger partial charge in [0.25, 0.3) is 5.78 Å². The van der Waals surface area contributed by atoms with E-state index in [2.05, 4.69) is 0 Å². The number of allylic oxidation sites excluding steroid dienone is 2. The molecule has 0 bridgehead atoms. The molecule has 0 spiro atoms. The molecule has 1 rings (SSSR count). The molecule has 21 heavy (non-hydrogen) atoms. The van der Waals surface area contributed by atoms with Gasteiger partial charge in [-0.2, -0.15) is 13.2 Å². The lowest BCUT2D eigenvalue weighted by atomic mass is 10.0. The molecule has 0 aliphatic heterocycles. The first kappa shape index (κ1) is 19.7. The number of halogens is 5. The van der Waals surface area contributed by atoms with Crippen molar-refractivity contribution >= 4 is 34.8 Å². The Morgan fingerprint density at radius 2 is 1.67 bits per heavy atom. The lowest BCUT2D eigenvalue weighted by molar-refractivity contribution is -0.167. The Hall–Kier alpha value is -1.33. The first-order valence-corrected chi connectivity index (χ1v) is 6.61. The average Bonchev–Trinajstić information content (AvgIpc) is 2.38. The maximum absolute atomic E-state index is 11.8. The van der Waals surface area contributed by atoms with Crippen LogP contribution in [-0.4, -0.2) is 17.7 Å². The van der Waals surface area contributed by atoms with Crippen molar-refractivity contribution in [3.63, 3.8) is 0 Å². The van der Waals surface area contributed by atoms with Crippen LogP contribution in [0.4, 0.5) is 13.2 Å². The molecule has 1 aromatic rings. The van der Waals surface area contributed by atoms with Crippen molar-refractivity contribution in [2.24, 2.45) is 0 Å². The van der Waals surface area contributed by atoms with Gasteiger partial charge in [-0.3, -0.25) is 9.59 Å². The van der Waals surface area contributed by atoms with Gasteiger partial charge in [0, 0.05) is 16.5 Å². The maximum atomic E-state index is 11.8. The number of ketones is 2. The average molecular weight is 341 g/mol. The SMILES string of the molecule is C/C=C(\C(=O)CC)C(=O)C(F)(F)F.Clc1cccc(Cl)c1. The minimum absolute atomic E-state index is 0.110. The summed E-state index contributed by atoms with van der Waals surface area (Å²) in [5.74, 6) is -2.85. The van der Waals surface area contributed by atoms with Crippen LogP contribution in [0.15, 0.2) is 35.9 Å². The summed E-state index contributed by atoms with van der Waals surface area (Å²) in [6.45, 7) is 2.63. The fraction of sp³-hybridized carbons (Fsp3) is 0.286. The number of hydrogen-bond donors (Lipinski definition) is 0. The lowest BCUT2D eigenvalue weighted by Crippen LogP contribution is -2.27. The molecule has 0 saturated carbocycles. The number of Topliss-reactive ketones (excluding diaryl/α,β-unsaturated/α-hetero) is 2. The second kappa shape index (κ2) is 8.85. The molecule has 0 fully saturated rings. The Balaban J connectivity index is 0.000000423. The van der Waals surface area contributed by atoms with Crippen molar-refractivity contribution < 1.29 is 22.8 Å². The fourth-order valence-electron chi connectivity index (χ4n) is 1.22. The summed E-state index contributed by atoms with van der Waals surface area (Å²) < 4.78 is 35.5. The zero-order chi connectivity index (χ0) is 16.6. The third-order valence-corrected chi connectivity index (χ3v) is 2.67. The second-order valence-electron chi connectivity index (χ2n) is 3.75. The van der Waals surface area contributed by atoms with Crippen molar-refractivity contribution in [2.75, 3.05) is 0 Å². The smallest absolute Gasteiger partial charge is 0.294 e. The van der Waals surface area contributed by atoms with Gasteiger partial charge in [0.2, 0.25) is 0 Å². The van der Waals surface area contributed by atoms with Crippen molar-refractivity contribution in [1.82, 2.24) is 0 Å². The highest BCUT2D eigenvalue weighted by atomic mass is 35.5. The van der Waals surface area contributed by atoms with E-state index in [1.807, 2.05) is 6.07 Å². The molecule has 2 nitrogen and oxygen atoms in total. The molecule has 0 aliphatic rings. The van der Waals surface area contributed by atoms with Crippen molar-refractivity contribution in [3.05, 3.63) is 46.0 Å². The molecular formula is C14H13Cl2F3O2. The summed E-state index contributed by atoms with van der Waals surface area (Å²) in [6, 6.07) is 7.08. The highest BCUT2D eigenvalue weighted by molar-refractivity contribution is 6.34.